The van der Waals surface area contributed by atoms with Crippen molar-refractivity contribution >= 4 is 32.6 Å². The van der Waals surface area contributed by atoms with E-state index < -0.39 is 0 Å². The minimum Gasteiger partial charge on any atom is -0.497 e. The molecule has 4 rings (SSSR count). The van der Waals surface area contributed by atoms with E-state index in [9.17, 15) is 4.79 Å². The first-order valence-corrected chi connectivity index (χ1v) is 10.3. The second kappa shape index (κ2) is 9.01. The molecule has 2 aromatic heterocycles. The maximum Gasteiger partial charge on any atom is 0.264 e. The van der Waals surface area contributed by atoms with Crippen molar-refractivity contribution in [2.75, 3.05) is 26.2 Å². The van der Waals surface area contributed by atoms with E-state index >= 15 is 0 Å². The number of para-hydroxylation sites is 1. The van der Waals surface area contributed by atoms with Gasteiger partial charge in [-0.1, -0.05) is 23.5 Å². The molecule has 158 valence electrons. The lowest BCUT2D eigenvalue weighted by Crippen LogP contribution is -2.30. The third-order valence-electron chi connectivity index (χ3n) is 4.77. The zero-order chi connectivity index (χ0) is 21.8. The molecule has 4 aromatic rings. The van der Waals surface area contributed by atoms with E-state index in [1.54, 1.807) is 49.7 Å². The molecule has 0 bridgehead atoms. The van der Waals surface area contributed by atoms with E-state index in [4.69, 9.17) is 19.2 Å². The summed E-state index contributed by atoms with van der Waals surface area (Å²) in [4.78, 5) is 24.2. The maximum atomic E-state index is 13.7. The molecular weight excluding hydrogens is 414 g/mol. The molecule has 8 heteroatoms. The fourth-order valence-corrected chi connectivity index (χ4v) is 4.19. The summed E-state index contributed by atoms with van der Waals surface area (Å²) in [6, 6.07) is 14.6. The lowest BCUT2D eigenvalue weighted by Gasteiger charge is -2.21. The smallest absolute Gasteiger partial charge is 0.264 e. The van der Waals surface area contributed by atoms with Crippen LogP contribution in [0.1, 0.15) is 15.9 Å². The Labute approximate surface area is 183 Å². The van der Waals surface area contributed by atoms with Gasteiger partial charge in [-0.25, -0.2) is 4.98 Å². The van der Waals surface area contributed by atoms with Gasteiger partial charge in [-0.05, 0) is 35.9 Å². The number of aromatic nitrogens is 2. The number of ether oxygens (including phenoxy) is 3. The molecule has 0 atom stereocenters. The summed E-state index contributed by atoms with van der Waals surface area (Å²) in [6.45, 7) is 0.310. The van der Waals surface area contributed by atoms with Gasteiger partial charge in [0.05, 0.1) is 38.1 Å². The van der Waals surface area contributed by atoms with Crippen molar-refractivity contribution < 1.29 is 19.0 Å². The average Bonchev–Trinajstić information content (AvgIpc) is 3.26. The number of thiazole rings is 1. The van der Waals surface area contributed by atoms with Crippen LogP contribution in [0.4, 0.5) is 5.13 Å². The van der Waals surface area contributed by atoms with Crippen molar-refractivity contribution in [3.8, 4) is 17.2 Å². The Morgan fingerprint density at radius 3 is 2.55 bits per heavy atom. The number of carbonyl (C=O) groups excluding carboxylic acids is 1. The van der Waals surface area contributed by atoms with Crippen molar-refractivity contribution in [2.45, 2.75) is 6.54 Å². The number of methoxy groups -OCH3 is 3. The predicted octanol–water partition coefficient (Wildman–Crippen LogP) is 4.56. The largest absolute Gasteiger partial charge is 0.497 e. The molecular formula is C23H21N3O4S. The van der Waals surface area contributed by atoms with Gasteiger partial charge in [-0.3, -0.25) is 14.7 Å². The third kappa shape index (κ3) is 4.15. The van der Waals surface area contributed by atoms with Crippen LogP contribution in [0.2, 0.25) is 0 Å². The summed E-state index contributed by atoms with van der Waals surface area (Å²) in [7, 11) is 4.70. The number of pyridine rings is 1. The highest BCUT2D eigenvalue weighted by molar-refractivity contribution is 7.22. The van der Waals surface area contributed by atoms with Gasteiger partial charge >= 0.3 is 0 Å². The third-order valence-corrected chi connectivity index (χ3v) is 5.81. The van der Waals surface area contributed by atoms with Crippen molar-refractivity contribution in [1.29, 1.82) is 0 Å². The van der Waals surface area contributed by atoms with Crippen LogP contribution in [-0.4, -0.2) is 37.2 Å². The van der Waals surface area contributed by atoms with Crippen molar-refractivity contribution in [3.63, 3.8) is 0 Å². The van der Waals surface area contributed by atoms with Gasteiger partial charge < -0.3 is 14.2 Å². The van der Waals surface area contributed by atoms with Crippen LogP contribution in [0.3, 0.4) is 0 Å². The number of fused-ring (bicyclic) bond motifs is 1. The highest BCUT2D eigenvalue weighted by Crippen LogP contribution is 2.36. The van der Waals surface area contributed by atoms with E-state index in [0.29, 0.717) is 34.5 Å². The molecule has 2 heterocycles. The monoisotopic (exact) mass is 435 g/mol. The van der Waals surface area contributed by atoms with Gasteiger partial charge in [-0.2, -0.15) is 0 Å². The van der Waals surface area contributed by atoms with Crippen LogP contribution in [0.25, 0.3) is 10.2 Å². The highest BCUT2D eigenvalue weighted by atomic mass is 32.1. The topological polar surface area (TPSA) is 73.8 Å². The number of hydrogen-bond donors (Lipinski definition) is 0. The summed E-state index contributed by atoms with van der Waals surface area (Å²) in [6.07, 6.45) is 3.43. The van der Waals surface area contributed by atoms with Crippen molar-refractivity contribution in [2.24, 2.45) is 0 Å². The first kappa shape index (κ1) is 20.6. The van der Waals surface area contributed by atoms with E-state index in [-0.39, 0.29) is 5.91 Å². The van der Waals surface area contributed by atoms with Crippen LogP contribution in [0, 0.1) is 0 Å². The normalized spacial score (nSPS) is 10.7. The molecule has 0 aliphatic carbocycles. The van der Waals surface area contributed by atoms with Crippen molar-refractivity contribution in [3.05, 3.63) is 72.1 Å². The first-order chi connectivity index (χ1) is 15.1. The van der Waals surface area contributed by atoms with E-state index in [1.807, 2.05) is 30.3 Å². The summed E-state index contributed by atoms with van der Waals surface area (Å²) in [5.74, 6) is 1.47. The molecule has 1 amide bonds. The quantitative estimate of drug-likeness (QED) is 0.424. The van der Waals surface area contributed by atoms with E-state index in [2.05, 4.69) is 4.98 Å². The molecule has 0 saturated heterocycles. The predicted molar refractivity (Wildman–Crippen MR) is 120 cm³/mol. The second-order valence-corrected chi connectivity index (χ2v) is 7.63. The standard InChI is InChI=1S/C23H21N3O4S/c1-28-16-9-10-17(19(12-16)30-3)22(27)26(14-15-6-5-11-24-13-15)23-25-21-18(29-2)7-4-8-20(21)31-23/h4-13H,14H2,1-3H3. The molecule has 0 N–H and O–H groups in total. The van der Waals surface area contributed by atoms with Gasteiger partial charge in [-0.15, -0.1) is 0 Å². The molecule has 0 aliphatic rings. The Kier molecular flexibility index (Phi) is 5.99. The molecule has 0 spiro atoms. The molecule has 0 saturated carbocycles. The zero-order valence-electron chi connectivity index (χ0n) is 17.4. The maximum absolute atomic E-state index is 13.7. The Hall–Kier alpha value is -3.65. The molecule has 0 radical (unpaired) electrons. The van der Waals surface area contributed by atoms with Crippen molar-refractivity contribution in [1.82, 2.24) is 9.97 Å². The van der Waals surface area contributed by atoms with Gasteiger partial charge in [0.25, 0.3) is 5.91 Å². The highest BCUT2D eigenvalue weighted by Gasteiger charge is 2.25. The lowest BCUT2D eigenvalue weighted by atomic mass is 10.1. The fraction of sp³-hybridized carbons (Fsp3) is 0.174. The van der Waals surface area contributed by atoms with Crippen LogP contribution in [0.15, 0.2) is 60.9 Å². The number of hydrogen-bond acceptors (Lipinski definition) is 7. The van der Waals surface area contributed by atoms with Crippen LogP contribution < -0.4 is 19.1 Å². The van der Waals surface area contributed by atoms with E-state index in [0.717, 1.165) is 15.8 Å². The van der Waals surface area contributed by atoms with E-state index in [1.165, 1.54) is 18.4 Å². The van der Waals surface area contributed by atoms with Gasteiger partial charge in [0.15, 0.2) is 5.13 Å². The number of benzene rings is 2. The van der Waals surface area contributed by atoms with Gasteiger partial charge in [0.1, 0.15) is 22.8 Å². The van der Waals surface area contributed by atoms with Crippen LogP contribution in [-0.2, 0) is 6.54 Å². The number of rotatable bonds is 7. The van der Waals surface area contributed by atoms with Gasteiger partial charge in [0, 0.05) is 18.5 Å². The van der Waals surface area contributed by atoms with Gasteiger partial charge in [0.2, 0.25) is 0 Å². The molecule has 0 fully saturated rings. The summed E-state index contributed by atoms with van der Waals surface area (Å²) < 4.78 is 17.1. The first-order valence-electron chi connectivity index (χ1n) is 9.51. The van der Waals surface area contributed by atoms with Crippen LogP contribution >= 0.6 is 11.3 Å². The molecule has 0 unspecified atom stereocenters. The zero-order valence-corrected chi connectivity index (χ0v) is 18.2. The lowest BCUT2D eigenvalue weighted by molar-refractivity contribution is 0.0982. The molecule has 31 heavy (non-hydrogen) atoms. The number of anilines is 1. The number of carbonyl (C=O) groups is 1. The SMILES string of the molecule is COc1ccc(C(=O)N(Cc2cccnc2)c2nc3c(OC)cccc3s2)c(OC)c1. The summed E-state index contributed by atoms with van der Waals surface area (Å²) in [5, 5.41) is 0.561. The molecule has 7 nitrogen and oxygen atoms in total. The molecule has 0 aliphatic heterocycles. The summed E-state index contributed by atoms with van der Waals surface area (Å²) >= 11 is 1.43. The minimum atomic E-state index is -0.235. The second-order valence-electron chi connectivity index (χ2n) is 6.62. The summed E-state index contributed by atoms with van der Waals surface area (Å²) in [5.41, 5.74) is 2.02. The average molecular weight is 436 g/mol. The number of nitrogens with zero attached hydrogens (tertiary/aromatic N) is 3. The number of amides is 1. The Bertz CT molecular complexity index is 1210. The minimum absolute atomic E-state index is 0.235. The molecule has 2 aromatic carbocycles. The Balaban J connectivity index is 1.81. The Morgan fingerprint density at radius 2 is 1.84 bits per heavy atom. The fourth-order valence-electron chi connectivity index (χ4n) is 3.21. The van der Waals surface area contributed by atoms with Crippen LogP contribution in [0.5, 0.6) is 17.2 Å². The Morgan fingerprint density at radius 1 is 1.00 bits per heavy atom.